The van der Waals surface area contributed by atoms with E-state index in [1.54, 1.807) is 0 Å². The third-order valence-electron chi connectivity index (χ3n) is 2.39. The summed E-state index contributed by atoms with van der Waals surface area (Å²) in [5.41, 5.74) is 0. The van der Waals surface area contributed by atoms with Crippen molar-refractivity contribution in [1.82, 2.24) is 5.32 Å². The lowest BCUT2D eigenvalue weighted by Gasteiger charge is -2.17. The van der Waals surface area contributed by atoms with Crippen LogP contribution in [0.4, 0.5) is 0 Å². The molecule has 2 atom stereocenters. The van der Waals surface area contributed by atoms with Crippen molar-refractivity contribution in [2.24, 2.45) is 5.92 Å². The van der Waals surface area contributed by atoms with Crippen molar-refractivity contribution in [3.05, 3.63) is 0 Å². The van der Waals surface area contributed by atoms with E-state index in [1.165, 1.54) is 6.92 Å². The molecule has 0 saturated heterocycles. The second kappa shape index (κ2) is 4.88. The molecule has 0 heterocycles. The zero-order valence-electron chi connectivity index (χ0n) is 7.68. The molecular weight excluding hydrogens is 283 g/mol. The zero-order chi connectivity index (χ0) is 9.84. The first-order valence-electron chi connectivity index (χ1n) is 4.41. The normalized spacial score (nSPS) is 27.8. The van der Waals surface area contributed by atoms with Crippen LogP contribution in [0.25, 0.3) is 0 Å². The first-order valence-corrected chi connectivity index (χ1v) is 7.90. The Hall–Kier alpha value is -0.200. The lowest BCUT2D eigenvalue weighted by atomic mass is 10.1. The SMILES string of the molecule is CC(=O)NC1CCCC1CI(=N)=O. The fourth-order valence-electron chi connectivity index (χ4n) is 1.85. The molecule has 2 unspecified atom stereocenters. The lowest BCUT2D eigenvalue weighted by Crippen LogP contribution is -2.36. The third-order valence-corrected chi connectivity index (χ3v) is 4.32. The molecule has 0 aromatic carbocycles. The van der Waals surface area contributed by atoms with Crippen molar-refractivity contribution >= 4 is 25.5 Å². The minimum absolute atomic E-state index is 0.0203. The highest BCUT2D eigenvalue weighted by Crippen LogP contribution is 2.30. The van der Waals surface area contributed by atoms with Gasteiger partial charge < -0.3 is 5.32 Å². The summed E-state index contributed by atoms with van der Waals surface area (Å²) >= 11 is -2.61. The van der Waals surface area contributed by atoms with Crippen LogP contribution in [0.2, 0.25) is 0 Å². The number of rotatable bonds is 3. The van der Waals surface area contributed by atoms with Gasteiger partial charge in [-0.1, -0.05) is 6.42 Å². The van der Waals surface area contributed by atoms with Gasteiger partial charge in [-0.25, -0.2) is 0 Å². The van der Waals surface area contributed by atoms with Gasteiger partial charge in [0.25, 0.3) is 0 Å². The summed E-state index contributed by atoms with van der Waals surface area (Å²) in [7, 11) is 0. The van der Waals surface area contributed by atoms with E-state index in [9.17, 15) is 7.86 Å². The number of amides is 1. The van der Waals surface area contributed by atoms with E-state index in [0.29, 0.717) is 10.3 Å². The Balaban J connectivity index is 2.48. The van der Waals surface area contributed by atoms with E-state index >= 15 is 0 Å². The summed E-state index contributed by atoms with van der Waals surface area (Å²) in [5.74, 6) is 0.275. The molecule has 0 spiro atoms. The summed E-state index contributed by atoms with van der Waals surface area (Å²) < 4.78 is 18.5. The van der Waals surface area contributed by atoms with Gasteiger partial charge in [-0.3, -0.25) is 11.4 Å². The van der Waals surface area contributed by atoms with E-state index in [-0.39, 0.29) is 11.9 Å². The molecule has 1 aliphatic rings. The predicted molar refractivity (Wildman–Crippen MR) is 57.2 cm³/mol. The average Bonchev–Trinajstić information content (AvgIpc) is 2.34. The monoisotopic (exact) mass is 298 g/mol. The van der Waals surface area contributed by atoms with Gasteiger partial charge in [-0.05, 0) is 18.8 Å². The highest BCUT2D eigenvalue weighted by Gasteiger charge is 2.28. The lowest BCUT2D eigenvalue weighted by molar-refractivity contribution is -0.119. The first-order chi connectivity index (χ1) is 6.09. The maximum atomic E-state index is 10.8. The quantitative estimate of drug-likeness (QED) is 0.617. The highest BCUT2D eigenvalue weighted by atomic mass is 127. The van der Waals surface area contributed by atoms with Crippen molar-refractivity contribution in [1.29, 1.82) is 3.56 Å². The fourth-order valence-corrected chi connectivity index (χ4v) is 3.93. The van der Waals surface area contributed by atoms with Gasteiger partial charge in [-0.2, -0.15) is 0 Å². The van der Waals surface area contributed by atoms with Crippen molar-refractivity contribution in [3.8, 4) is 0 Å². The van der Waals surface area contributed by atoms with Gasteiger partial charge in [-0.15, -0.1) is 0 Å². The van der Waals surface area contributed by atoms with E-state index in [2.05, 4.69) is 5.32 Å². The molecule has 0 bridgehead atoms. The second-order valence-corrected chi connectivity index (χ2v) is 6.18. The van der Waals surface area contributed by atoms with E-state index < -0.39 is 19.6 Å². The molecule has 0 aliphatic heterocycles. The molecule has 5 heteroatoms. The first kappa shape index (κ1) is 10.9. The number of halogens is 1. The van der Waals surface area contributed by atoms with Crippen LogP contribution in [0, 0.1) is 9.48 Å². The summed E-state index contributed by atoms with van der Waals surface area (Å²) in [4.78, 5) is 10.8. The molecule has 1 fully saturated rings. The number of hydrogen-bond donors (Lipinski definition) is 2. The van der Waals surface area contributed by atoms with Crippen LogP contribution in [0.15, 0.2) is 0 Å². The Kier molecular flexibility index (Phi) is 4.08. The molecule has 0 aromatic rings. The maximum Gasteiger partial charge on any atom is 0.217 e. The molecule has 1 aliphatic carbocycles. The third kappa shape index (κ3) is 3.58. The van der Waals surface area contributed by atoms with Crippen LogP contribution >= 0.6 is 19.6 Å². The minimum Gasteiger partial charge on any atom is -0.353 e. The number of hydrogen-bond acceptors (Lipinski definition) is 3. The van der Waals surface area contributed by atoms with Gasteiger partial charge in [0.15, 0.2) is 19.6 Å². The van der Waals surface area contributed by atoms with Gasteiger partial charge in [0.1, 0.15) is 0 Å². The second-order valence-electron chi connectivity index (χ2n) is 3.47. The molecule has 1 amide bonds. The van der Waals surface area contributed by atoms with Gasteiger partial charge in [0.2, 0.25) is 5.91 Å². The van der Waals surface area contributed by atoms with Crippen LogP contribution in [0.5, 0.6) is 0 Å². The predicted octanol–water partition coefficient (Wildman–Crippen LogP) is 1.91. The van der Waals surface area contributed by atoms with Crippen LogP contribution < -0.4 is 5.32 Å². The van der Waals surface area contributed by atoms with Crippen LogP contribution in [0.1, 0.15) is 26.2 Å². The maximum absolute atomic E-state index is 10.8. The number of carbonyl (C=O) groups is 1. The molecule has 1 saturated carbocycles. The van der Waals surface area contributed by atoms with Crippen molar-refractivity contribution in [3.63, 3.8) is 0 Å². The van der Waals surface area contributed by atoms with E-state index in [0.717, 1.165) is 19.3 Å². The zero-order valence-corrected chi connectivity index (χ0v) is 9.84. The molecule has 1 rings (SSSR count). The van der Waals surface area contributed by atoms with Crippen molar-refractivity contribution in [2.75, 3.05) is 4.43 Å². The highest BCUT2D eigenvalue weighted by molar-refractivity contribution is 14.2. The Labute approximate surface area is 84.9 Å². The molecule has 13 heavy (non-hydrogen) atoms. The summed E-state index contributed by atoms with van der Waals surface area (Å²) in [6, 6.07) is 0.177. The van der Waals surface area contributed by atoms with E-state index in [1.807, 2.05) is 0 Å². The molecular formula is C8H15IN2O2. The Morgan fingerprint density at radius 1 is 1.62 bits per heavy atom. The molecule has 76 valence electrons. The largest absolute Gasteiger partial charge is 0.353 e. The summed E-state index contributed by atoms with van der Waals surface area (Å²) in [6.45, 7) is 1.50. The van der Waals surface area contributed by atoms with Crippen LogP contribution in [0.3, 0.4) is 0 Å². The summed E-state index contributed by atoms with van der Waals surface area (Å²) in [6.07, 6.45) is 3.08. The summed E-state index contributed by atoms with van der Waals surface area (Å²) in [5, 5.41) is 2.86. The number of alkyl halides is 1. The Bertz CT molecular complexity index is 255. The van der Waals surface area contributed by atoms with Gasteiger partial charge >= 0.3 is 0 Å². The van der Waals surface area contributed by atoms with Crippen molar-refractivity contribution < 1.29 is 7.86 Å². The number of carbonyl (C=O) groups excluding carboxylic acids is 1. The van der Waals surface area contributed by atoms with Crippen molar-refractivity contribution in [2.45, 2.75) is 32.2 Å². The van der Waals surface area contributed by atoms with Gasteiger partial charge in [0.05, 0.1) is 0 Å². The molecule has 0 radical (unpaired) electrons. The molecule has 2 N–H and O–H groups in total. The topological polar surface area (TPSA) is 70.0 Å². The Morgan fingerprint density at radius 3 is 2.85 bits per heavy atom. The van der Waals surface area contributed by atoms with Gasteiger partial charge in [0, 0.05) is 17.4 Å². The van der Waals surface area contributed by atoms with E-state index in [4.69, 9.17) is 3.56 Å². The number of nitrogens with one attached hydrogen (secondary N) is 2. The average molecular weight is 298 g/mol. The van der Waals surface area contributed by atoms with Crippen LogP contribution in [-0.4, -0.2) is 16.4 Å². The Morgan fingerprint density at radius 2 is 2.31 bits per heavy atom. The smallest absolute Gasteiger partial charge is 0.217 e. The fraction of sp³-hybridized carbons (Fsp3) is 0.875. The molecule has 0 aromatic heterocycles. The molecule has 4 nitrogen and oxygen atoms in total. The minimum atomic E-state index is -2.61. The standard InChI is InChI=1S/C8H15IN2O2/c1-6(12)11-8-4-2-3-7(8)5-9(10)13/h7-8,10H,2-5H2,1H3,(H,11,12). The van der Waals surface area contributed by atoms with Crippen LogP contribution in [-0.2, 0) is 7.86 Å².